The summed E-state index contributed by atoms with van der Waals surface area (Å²) in [6.45, 7) is 3.93. The minimum absolute atomic E-state index is 0.0921. The van der Waals surface area contributed by atoms with Gasteiger partial charge < -0.3 is 5.73 Å². The number of amides is 1. The first-order valence-corrected chi connectivity index (χ1v) is 7.56. The van der Waals surface area contributed by atoms with Crippen LogP contribution in [0, 0.1) is 5.41 Å². The van der Waals surface area contributed by atoms with Gasteiger partial charge in [0, 0.05) is 11.6 Å². The predicted molar refractivity (Wildman–Crippen MR) is 93.1 cm³/mol. The molecule has 3 rings (SSSR count). The number of carbonyl (C=O) groups excluding carboxylic acids is 1. The van der Waals surface area contributed by atoms with Crippen molar-refractivity contribution in [1.82, 2.24) is 15.2 Å². The van der Waals surface area contributed by atoms with Gasteiger partial charge in [-0.25, -0.2) is 4.90 Å². The highest BCUT2D eigenvalue weighted by atomic mass is 16.2. The number of H-pyrrole nitrogens is 1. The van der Waals surface area contributed by atoms with E-state index in [1.54, 1.807) is 24.4 Å². The van der Waals surface area contributed by atoms with Crippen molar-refractivity contribution in [2.45, 2.75) is 19.8 Å². The van der Waals surface area contributed by atoms with Crippen LogP contribution >= 0.6 is 0 Å². The molecule has 0 saturated heterocycles. The first-order valence-electron chi connectivity index (χ1n) is 7.56. The Morgan fingerprint density at radius 2 is 2.08 bits per heavy atom. The van der Waals surface area contributed by atoms with Crippen LogP contribution in [0.15, 0.2) is 42.7 Å². The van der Waals surface area contributed by atoms with Crippen molar-refractivity contribution < 1.29 is 4.79 Å². The molecule has 1 aromatic carbocycles. The summed E-state index contributed by atoms with van der Waals surface area (Å²) in [5.41, 5.74) is 8.10. The van der Waals surface area contributed by atoms with Gasteiger partial charge in [0.05, 0.1) is 28.7 Å². The Kier molecular flexibility index (Phi) is 3.99. The number of aromatic nitrogens is 3. The van der Waals surface area contributed by atoms with Crippen LogP contribution in [0.2, 0.25) is 0 Å². The minimum atomic E-state index is -0.392. The molecule has 0 saturated carbocycles. The molecule has 7 heteroatoms. The largest absolute Gasteiger partial charge is 0.369 e. The van der Waals surface area contributed by atoms with Crippen molar-refractivity contribution in [3.05, 3.63) is 54.0 Å². The Morgan fingerprint density at radius 3 is 2.79 bits per heavy atom. The first kappa shape index (κ1) is 15.7. The average molecular weight is 322 g/mol. The van der Waals surface area contributed by atoms with Crippen LogP contribution in [0.3, 0.4) is 0 Å². The number of nitrogens with zero attached hydrogens (tertiary/aromatic N) is 3. The second-order valence-corrected chi connectivity index (χ2v) is 5.73. The quantitative estimate of drug-likeness (QED) is 0.508. The normalized spacial score (nSPS) is 11.0. The molecule has 2 aromatic heterocycles. The van der Waals surface area contributed by atoms with Crippen LogP contribution in [0.1, 0.15) is 35.8 Å². The standard InChI is InChI=1S/C17H18N6O/c1-10(2)15-12(9-21-22-15)16(24)23(17(18)19)14-7-3-6-13-11(14)5-4-8-20-13/h3-10H,1-2H3,(H3,18,19)(H,21,22). The molecule has 0 unspecified atom stereocenters. The van der Waals surface area contributed by atoms with E-state index in [9.17, 15) is 4.79 Å². The number of hydrogen-bond donors (Lipinski definition) is 3. The number of pyridine rings is 1. The van der Waals surface area contributed by atoms with Gasteiger partial charge in [-0.1, -0.05) is 19.9 Å². The molecular formula is C17H18N6O. The summed E-state index contributed by atoms with van der Waals surface area (Å²) in [7, 11) is 0. The summed E-state index contributed by atoms with van der Waals surface area (Å²) in [6.07, 6.45) is 3.15. The molecule has 0 aliphatic rings. The lowest BCUT2D eigenvalue weighted by molar-refractivity contribution is 0.100. The van der Waals surface area contributed by atoms with Gasteiger partial charge in [-0.2, -0.15) is 5.10 Å². The maximum atomic E-state index is 13.0. The second kappa shape index (κ2) is 6.11. The van der Waals surface area contributed by atoms with Gasteiger partial charge in [-0.15, -0.1) is 0 Å². The molecular weight excluding hydrogens is 304 g/mol. The van der Waals surface area contributed by atoms with E-state index in [2.05, 4.69) is 15.2 Å². The fraction of sp³-hybridized carbons (Fsp3) is 0.176. The average Bonchev–Trinajstić information content (AvgIpc) is 3.05. The summed E-state index contributed by atoms with van der Waals surface area (Å²) in [5.74, 6) is -0.655. The smallest absolute Gasteiger partial charge is 0.268 e. The second-order valence-electron chi connectivity index (χ2n) is 5.73. The zero-order valence-electron chi connectivity index (χ0n) is 13.4. The van der Waals surface area contributed by atoms with Gasteiger partial charge in [0.15, 0.2) is 5.96 Å². The topological polar surface area (TPSA) is 112 Å². The van der Waals surface area contributed by atoms with Crippen molar-refractivity contribution in [2.24, 2.45) is 5.73 Å². The highest BCUT2D eigenvalue weighted by Gasteiger charge is 2.26. The molecule has 0 aliphatic heterocycles. The molecule has 0 bridgehead atoms. The number of guanidine groups is 1. The van der Waals surface area contributed by atoms with Gasteiger partial charge >= 0.3 is 0 Å². The van der Waals surface area contributed by atoms with E-state index in [-0.39, 0.29) is 11.9 Å². The zero-order chi connectivity index (χ0) is 17.3. The Morgan fingerprint density at radius 1 is 1.29 bits per heavy atom. The summed E-state index contributed by atoms with van der Waals surface area (Å²) in [6, 6.07) is 9.01. The van der Waals surface area contributed by atoms with E-state index < -0.39 is 5.91 Å². The molecule has 1 amide bonds. The van der Waals surface area contributed by atoms with E-state index >= 15 is 0 Å². The summed E-state index contributed by atoms with van der Waals surface area (Å²) < 4.78 is 0. The lowest BCUT2D eigenvalue weighted by Crippen LogP contribution is -2.42. The molecule has 24 heavy (non-hydrogen) atoms. The summed E-state index contributed by atoms with van der Waals surface area (Å²) in [4.78, 5) is 18.5. The number of rotatable bonds is 3. The molecule has 0 radical (unpaired) electrons. The SMILES string of the molecule is CC(C)c1[nH]ncc1C(=O)N(C(=N)N)c1cccc2ncccc12. The van der Waals surface area contributed by atoms with Crippen molar-refractivity contribution in [1.29, 1.82) is 5.41 Å². The Balaban J connectivity index is 2.15. The van der Waals surface area contributed by atoms with Crippen LogP contribution in [0.25, 0.3) is 10.9 Å². The maximum Gasteiger partial charge on any atom is 0.268 e. The number of anilines is 1. The lowest BCUT2D eigenvalue weighted by Gasteiger charge is -2.22. The van der Waals surface area contributed by atoms with Crippen molar-refractivity contribution >= 4 is 28.5 Å². The number of benzene rings is 1. The van der Waals surface area contributed by atoms with Gasteiger partial charge in [-0.05, 0) is 30.2 Å². The summed E-state index contributed by atoms with van der Waals surface area (Å²) >= 11 is 0. The monoisotopic (exact) mass is 322 g/mol. The third-order valence-corrected chi connectivity index (χ3v) is 3.78. The molecule has 0 fully saturated rings. The van der Waals surface area contributed by atoms with Gasteiger partial charge in [-0.3, -0.25) is 20.3 Å². The molecule has 3 aromatic rings. The number of nitrogens with two attached hydrogens (primary N) is 1. The number of nitrogens with one attached hydrogen (secondary N) is 2. The first-order chi connectivity index (χ1) is 11.5. The Bertz CT molecular complexity index is 909. The molecule has 0 spiro atoms. The molecule has 7 nitrogen and oxygen atoms in total. The lowest BCUT2D eigenvalue weighted by atomic mass is 10.0. The van der Waals surface area contributed by atoms with Gasteiger partial charge in [0.1, 0.15) is 0 Å². The van der Waals surface area contributed by atoms with E-state index in [0.29, 0.717) is 16.9 Å². The Hall–Kier alpha value is -3.22. The van der Waals surface area contributed by atoms with Crippen LogP contribution in [-0.2, 0) is 0 Å². The van der Waals surface area contributed by atoms with Crippen molar-refractivity contribution in [3.63, 3.8) is 0 Å². The van der Waals surface area contributed by atoms with Gasteiger partial charge in [0.25, 0.3) is 5.91 Å². The molecule has 0 atom stereocenters. The fourth-order valence-corrected chi connectivity index (χ4v) is 2.66. The summed E-state index contributed by atoms with van der Waals surface area (Å²) in [5, 5.41) is 15.5. The zero-order valence-corrected chi connectivity index (χ0v) is 13.4. The molecule has 0 aliphatic carbocycles. The Labute approximate surface area is 139 Å². The van der Waals surface area contributed by atoms with E-state index in [0.717, 1.165) is 10.9 Å². The van der Waals surface area contributed by atoms with Crippen molar-refractivity contribution in [2.75, 3.05) is 4.90 Å². The number of hydrogen-bond acceptors (Lipinski definition) is 4. The van der Waals surface area contributed by atoms with E-state index in [1.165, 1.54) is 11.1 Å². The van der Waals surface area contributed by atoms with E-state index in [1.807, 2.05) is 26.0 Å². The minimum Gasteiger partial charge on any atom is -0.369 e. The van der Waals surface area contributed by atoms with Crippen molar-refractivity contribution in [3.8, 4) is 0 Å². The fourth-order valence-electron chi connectivity index (χ4n) is 2.66. The number of carbonyl (C=O) groups is 1. The molecule has 4 N–H and O–H groups in total. The number of aromatic amines is 1. The third kappa shape index (κ3) is 2.60. The van der Waals surface area contributed by atoms with Crippen LogP contribution in [0.4, 0.5) is 5.69 Å². The maximum absolute atomic E-state index is 13.0. The predicted octanol–water partition coefficient (Wildman–Crippen LogP) is 2.62. The highest BCUT2D eigenvalue weighted by Crippen LogP contribution is 2.28. The van der Waals surface area contributed by atoms with Gasteiger partial charge in [0.2, 0.25) is 0 Å². The third-order valence-electron chi connectivity index (χ3n) is 3.78. The molecule has 2 heterocycles. The van der Waals surface area contributed by atoms with Crippen LogP contribution in [-0.4, -0.2) is 27.0 Å². The number of fused-ring (bicyclic) bond motifs is 1. The van der Waals surface area contributed by atoms with Crippen LogP contribution in [0.5, 0.6) is 0 Å². The van der Waals surface area contributed by atoms with E-state index in [4.69, 9.17) is 11.1 Å². The van der Waals surface area contributed by atoms with Crippen LogP contribution < -0.4 is 10.6 Å². The highest BCUT2D eigenvalue weighted by molar-refractivity contribution is 6.23. The molecule has 122 valence electrons.